The van der Waals surface area contributed by atoms with E-state index in [2.05, 4.69) is 22.2 Å². The van der Waals surface area contributed by atoms with Crippen LogP contribution in [0.1, 0.15) is 24.5 Å². The second kappa shape index (κ2) is 5.54. The predicted molar refractivity (Wildman–Crippen MR) is 77.9 cm³/mol. The number of amides is 1. The normalized spacial score (nSPS) is 22.1. The topological polar surface area (TPSA) is 75.3 Å². The first-order chi connectivity index (χ1) is 9.34. The van der Waals surface area contributed by atoms with Gasteiger partial charge in [0.05, 0.1) is 0 Å². The Morgan fingerprint density at radius 2 is 1.95 bits per heavy atom. The van der Waals surface area contributed by atoms with Crippen molar-refractivity contribution < 1.29 is 13.2 Å². The average molecular weight is 296 g/mol. The summed E-state index contributed by atoms with van der Waals surface area (Å²) in [6.07, 6.45) is 2.44. The van der Waals surface area contributed by atoms with Crippen LogP contribution in [0.15, 0.2) is 24.3 Å². The number of benzene rings is 1. The highest BCUT2D eigenvalue weighted by Gasteiger charge is 2.32. The standard InChI is InChI=1S/C14H20N2O3S/c1-14(16-13(17)10-20(18,19)15-2)8-7-11-5-3-4-6-12(11)9-14/h3-6,15H,7-10H2,1-2H3,(H,16,17)/t14-/m1/s1. The van der Waals surface area contributed by atoms with Crippen LogP contribution in [0.4, 0.5) is 0 Å². The number of hydrogen-bond acceptors (Lipinski definition) is 3. The van der Waals surface area contributed by atoms with Crippen molar-refractivity contribution in [1.82, 2.24) is 10.0 Å². The van der Waals surface area contributed by atoms with Crippen molar-refractivity contribution in [2.24, 2.45) is 0 Å². The van der Waals surface area contributed by atoms with E-state index >= 15 is 0 Å². The van der Waals surface area contributed by atoms with Gasteiger partial charge in [-0.05, 0) is 44.4 Å². The molecule has 1 aliphatic rings. The fraction of sp³-hybridized carbons (Fsp3) is 0.500. The number of rotatable bonds is 4. The number of hydrogen-bond donors (Lipinski definition) is 2. The van der Waals surface area contributed by atoms with Gasteiger partial charge < -0.3 is 5.32 Å². The Morgan fingerprint density at radius 3 is 2.60 bits per heavy atom. The largest absolute Gasteiger partial charge is 0.350 e. The lowest BCUT2D eigenvalue weighted by atomic mass is 9.79. The van der Waals surface area contributed by atoms with Crippen LogP contribution in [0.25, 0.3) is 0 Å². The van der Waals surface area contributed by atoms with Gasteiger partial charge in [-0.25, -0.2) is 13.1 Å². The van der Waals surface area contributed by atoms with Gasteiger partial charge in [-0.3, -0.25) is 4.79 Å². The molecule has 0 aromatic heterocycles. The number of aryl methyl sites for hydroxylation is 1. The molecule has 1 aromatic carbocycles. The molecule has 2 rings (SSSR count). The van der Waals surface area contributed by atoms with Gasteiger partial charge in [0.2, 0.25) is 15.9 Å². The van der Waals surface area contributed by atoms with Crippen LogP contribution in [0.3, 0.4) is 0 Å². The van der Waals surface area contributed by atoms with Gasteiger partial charge in [0.1, 0.15) is 5.75 Å². The van der Waals surface area contributed by atoms with Crippen LogP contribution in [0.2, 0.25) is 0 Å². The summed E-state index contributed by atoms with van der Waals surface area (Å²) in [6.45, 7) is 1.97. The molecule has 0 spiro atoms. The number of carbonyl (C=O) groups is 1. The van der Waals surface area contributed by atoms with Crippen LogP contribution in [-0.2, 0) is 27.7 Å². The van der Waals surface area contributed by atoms with E-state index in [1.54, 1.807) is 0 Å². The van der Waals surface area contributed by atoms with Crippen molar-refractivity contribution in [3.8, 4) is 0 Å². The van der Waals surface area contributed by atoms with Crippen molar-refractivity contribution in [2.45, 2.75) is 31.7 Å². The van der Waals surface area contributed by atoms with Crippen LogP contribution < -0.4 is 10.0 Å². The molecule has 1 atom stereocenters. The van der Waals surface area contributed by atoms with Crippen molar-refractivity contribution in [2.75, 3.05) is 12.8 Å². The summed E-state index contributed by atoms with van der Waals surface area (Å²) in [5, 5.41) is 2.87. The lowest BCUT2D eigenvalue weighted by Crippen LogP contribution is -2.51. The minimum atomic E-state index is -3.52. The summed E-state index contributed by atoms with van der Waals surface area (Å²) in [5.41, 5.74) is 2.15. The first-order valence-corrected chi connectivity index (χ1v) is 8.28. The molecule has 1 aromatic rings. The molecule has 0 fully saturated rings. The van der Waals surface area contributed by atoms with Crippen molar-refractivity contribution in [1.29, 1.82) is 0 Å². The van der Waals surface area contributed by atoms with E-state index < -0.39 is 21.7 Å². The van der Waals surface area contributed by atoms with Gasteiger partial charge in [-0.1, -0.05) is 24.3 Å². The Kier molecular flexibility index (Phi) is 4.15. The molecular formula is C14H20N2O3S. The first-order valence-electron chi connectivity index (χ1n) is 6.63. The third kappa shape index (κ3) is 3.58. The average Bonchev–Trinajstić information content (AvgIpc) is 2.37. The molecule has 0 aliphatic heterocycles. The summed E-state index contributed by atoms with van der Waals surface area (Å²) < 4.78 is 24.9. The number of carbonyl (C=O) groups excluding carboxylic acids is 1. The van der Waals surface area contributed by atoms with Crippen LogP contribution in [0, 0.1) is 0 Å². The summed E-state index contributed by atoms with van der Waals surface area (Å²) in [4.78, 5) is 11.9. The van der Waals surface area contributed by atoms with E-state index in [-0.39, 0.29) is 5.54 Å². The van der Waals surface area contributed by atoms with Gasteiger partial charge in [0.25, 0.3) is 0 Å². The molecule has 2 N–H and O–H groups in total. The van der Waals surface area contributed by atoms with Gasteiger partial charge in [-0.2, -0.15) is 0 Å². The Labute approximate surface area is 119 Å². The van der Waals surface area contributed by atoms with Crippen LogP contribution in [0.5, 0.6) is 0 Å². The van der Waals surface area contributed by atoms with Crippen LogP contribution in [-0.4, -0.2) is 32.7 Å². The summed E-state index contributed by atoms with van der Waals surface area (Å²) in [5.74, 6) is -0.984. The number of fused-ring (bicyclic) bond motifs is 1. The fourth-order valence-corrected chi connectivity index (χ4v) is 3.18. The highest BCUT2D eigenvalue weighted by atomic mass is 32.2. The predicted octanol–water partition coefficient (Wildman–Crippen LogP) is 0.599. The molecular weight excluding hydrogens is 276 g/mol. The summed E-state index contributed by atoms with van der Waals surface area (Å²) >= 11 is 0. The third-order valence-corrected chi connectivity index (χ3v) is 4.98. The molecule has 0 saturated carbocycles. The van der Waals surface area contributed by atoms with E-state index in [4.69, 9.17) is 0 Å². The molecule has 110 valence electrons. The Bertz CT molecular complexity index is 613. The lowest BCUT2D eigenvalue weighted by molar-refractivity contribution is -0.120. The third-order valence-electron chi connectivity index (χ3n) is 3.72. The number of nitrogens with one attached hydrogen (secondary N) is 2. The van der Waals surface area contributed by atoms with Crippen molar-refractivity contribution >= 4 is 15.9 Å². The molecule has 20 heavy (non-hydrogen) atoms. The molecule has 0 heterocycles. The van der Waals surface area contributed by atoms with Gasteiger partial charge in [0, 0.05) is 5.54 Å². The zero-order chi connectivity index (χ0) is 14.8. The maximum atomic E-state index is 11.9. The Hall–Kier alpha value is -1.40. The van der Waals surface area contributed by atoms with E-state index in [9.17, 15) is 13.2 Å². The smallest absolute Gasteiger partial charge is 0.237 e. The minimum absolute atomic E-state index is 0.380. The van der Waals surface area contributed by atoms with E-state index in [1.165, 1.54) is 18.2 Å². The molecule has 1 amide bonds. The quantitative estimate of drug-likeness (QED) is 0.854. The molecule has 6 heteroatoms. The van der Waals surface area contributed by atoms with Gasteiger partial charge >= 0.3 is 0 Å². The lowest BCUT2D eigenvalue weighted by Gasteiger charge is -2.35. The number of sulfonamides is 1. The van der Waals surface area contributed by atoms with E-state index in [1.807, 2.05) is 19.1 Å². The van der Waals surface area contributed by atoms with Crippen molar-refractivity contribution in [3.05, 3.63) is 35.4 Å². The van der Waals surface area contributed by atoms with Crippen molar-refractivity contribution in [3.63, 3.8) is 0 Å². The highest BCUT2D eigenvalue weighted by Crippen LogP contribution is 2.28. The first kappa shape index (κ1) is 15.0. The zero-order valence-electron chi connectivity index (χ0n) is 11.8. The molecule has 0 radical (unpaired) electrons. The Balaban J connectivity index is 2.05. The molecule has 5 nitrogen and oxygen atoms in total. The summed E-state index contributed by atoms with van der Waals surface area (Å²) in [7, 11) is -2.21. The summed E-state index contributed by atoms with van der Waals surface area (Å²) in [6, 6.07) is 8.16. The maximum absolute atomic E-state index is 11.9. The highest BCUT2D eigenvalue weighted by molar-refractivity contribution is 7.90. The maximum Gasteiger partial charge on any atom is 0.237 e. The van der Waals surface area contributed by atoms with E-state index in [0.29, 0.717) is 0 Å². The van der Waals surface area contributed by atoms with Gasteiger partial charge in [0.15, 0.2) is 0 Å². The zero-order valence-corrected chi connectivity index (χ0v) is 12.6. The second-order valence-corrected chi connectivity index (χ2v) is 7.44. The molecule has 0 bridgehead atoms. The molecule has 0 saturated heterocycles. The monoisotopic (exact) mass is 296 g/mol. The molecule has 1 aliphatic carbocycles. The second-order valence-electron chi connectivity index (χ2n) is 5.52. The SMILES string of the molecule is CNS(=O)(=O)CC(=O)N[C@]1(C)CCc2ccccc2C1. The minimum Gasteiger partial charge on any atom is -0.350 e. The van der Waals surface area contributed by atoms with Crippen LogP contribution >= 0.6 is 0 Å². The molecule has 0 unspecified atom stereocenters. The Morgan fingerprint density at radius 1 is 1.30 bits per heavy atom. The van der Waals surface area contributed by atoms with E-state index in [0.717, 1.165) is 19.3 Å². The van der Waals surface area contributed by atoms with Gasteiger partial charge in [-0.15, -0.1) is 0 Å². The fourth-order valence-electron chi connectivity index (χ4n) is 2.62.